The largest absolute Gasteiger partial charge is 0.364 e. The third-order valence-electron chi connectivity index (χ3n) is 4.42. The highest BCUT2D eigenvalue weighted by Crippen LogP contribution is 2.28. The Labute approximate surface area is 171 Å². The third kappa shape index (κ3) is 4.47. The number of aromatic nitrogens is 2. The van der Waals surface area contributed by atoms with Crippen LogP contribution in [0.25, 0.3) is 21.3 Å². The molecule has 0 spiro atoms. The van der Waals surface area contributed by atoms with E-state index in [2.05, 4.69) is 33.5 Å². The van der Waals surface area contributed by atoms with Crippen LogP contribution in [0, 0.1) is 0 Å². The molecule has 4 rings (SSSR count). The molecule has 0 saturated heterocycles. The molecule has 0 aliphatic rings. The lowest BCUT2D eigenvalue weighted by molar-refractivity contribution is -0.120. The highest BCUT2D eigenvalue weighted by molar-refractivity contribution is 7.18. The van der Waals surface area contributed by atoms with Gasteiger partial charge in [-0.25, -0.2) is 4.98 Å². The van der Waals surface area contributed by atoms with Crippen molar-refractivity contribution in [2.75, 3.05) is 0 Å². The van der Waals surface area contributed by atoms with E-state index < -0.39 is 5.91 Å². The molecule has 2 heterocycles. The zero-order chi connectivity index (χ0) is 20.2. The van der Waals surface area contributed by atoms with Crippen LogP contribution >= 0.6 is 11.3 Å². The summed E-state index contributed by atoms with van der Waals surface area (Å²) in [5.74, 6) is -0.729. The molecule has 0 fully saturated rings. The summed E-state index contributed by atoms with van der Waals surface area (Å²) >= 11 is 1.52. The molecule has 0 radical (unpaired) electrons. The summed E-state index contributed by atoms with van der Waals surface area (Å²) in [4.78, 5) is 32.0. The second kappa shape index (κ2) is 8.20. The van der Waals surface area contributed by atoms with Crippen LogP contribution in [0.15, 0.2) is 66.9 Å². The maximum atomic E-state index is 12.3. The number of pyridine rings is 1. The Morgan fingerprint density at radius 1 is 1.00 bits per heavy atom. The van der Waals surface area contributed by atoms with E-state index in [1.165, 1.54) is 17.5 Å². The van der Waals surface area contributed by atoms with Crippen molar-refractivity contribution in [1.82, 2.24) is 15.3 Å². The van der Waals surface area contributed by atoms with Gasteiger partial charge in [0.25, 0.3) is 5.91 Å². The van der Waals surface area contributed by atoms with Gasteiger partial charge in [0.05, 0.1) is 16.6 Å². The molecule has 4 aromatic rings. The first kappa shape index (κ1) is 18.8. The van der Waals surface area contributed by atoms with Crippen LogP contribution in [-0.2, 0) is 17.8 Å². The summed E-state index contributed by atoms with van der Waals surface area (Å²) in [6.07, 6.45) is 1.70. The number of rotatable bonds is 6. The fourth-order valence-electron chi connectivity index (χ4n) is 2.98. The van der Waals surface area contributed by atoms with E-state index in [4.69, 9.17) is 5.73 Å². The van der Waals surface area contributed by atoms with Gasteiger partial charge in [0, 0.05) is 12.7 Å². The van der Waals surface area contributed by atoms with E-state index in [-0.39, 0.29) is 18.0 Å². The lowest BCUT2D eigenvalue weighted by atomic mass is 10.1. The van der Waals surface area contributed by atoms with Crippen molar-refractivity contribution >= 4 is 33.4 Å². The van der Waals surface area contributed by atoms with Crippen LogP contribution in [-0.4, -0.2) is 21.8 Å². The normalized spacial score (nSPS) is 10.8. The number of amides is 2. The molecule has 3 N–H and O–H groups in total. The number of nitrogens with one attached hydrogen (secondary N) is 1. The standard InChI is InChI=1S/C22H18N4O2S/c23-22(28)18-10-14(8-9-24-18)13-25-20(27)12-21-26-17-7-6-16(11-19(17)29-21)15-4-2-1-3-5-15/h1-11H,12-13H2,(H2,23,28)(H,25,27). The van der Waals surface area contributed by atoms with Gasteiger partial charge in [-0.2, -0.15) is 0 Å². The number of carbonyl (C=O) groups is 2. The van der Waals surface area contributed by atoms with Gasteiger partial charge < -0.3 is 11.1 Å². The number of hydrogen-bond donors (Lipinski definition) is 2. The number of hydrogen-bond acceptors (Lipinski definition) is 5. The molecule has 0 saturated carbocycles. The zero-order valence-electron chi connectivity index (χ0n) is 15.5. The molecule has 2 amide bonds. The molecular formula is C22H18N4O2S. The van der Waals surface area contributed by atoms with Crippen molar-refractivity contribution in [2.24, 2.45) is 5.73 Å². The Morgan fingerprint density at radius 2 is 1.83 bits per heavy atom. The highest BCUT2D eigenvalue weighted by Gasteiger charge is 2.11. The predicted molar refractivity (Wildman–Crippen MR) is 113 cm³/mol. The van der Waals surface area contributed by atoms with E-state index in [1.54, 1.807) is 12.1 Å². The number of nitrogens with zero attached hydrogens (tertiary/aromatic N) is 2. The minimum Gasteiger partial charge on any atom is -0.364 e. The minimum atomic E-state index is -0.595. The maximum Gasteiger partial charge on any atom is 0.267 e. The number of carbonyl (C=O) groups excluding carboxylic acids is 2. The predicted octanol–water partition coefficient (Wildman–Crippen LogP) is 3.32. The Bertz CT molecular complexity index is 1190. The molecule has 0 atom stereocenters. The average molecular weight is 402 g/mol. The quantitative estimate of drug-likeness (QED) is 0.517. The summed E-state index contributed by atoms with van der Waals surface area (Å²) in [5, 5.41) is 3.60. The van der Waals surface area contributed by atoms with Gasteiger partial charge in [-0.3, -0.25) is 14.6 Å². The minimum absolute atomic E-state index is 0.134. The van der Waals surface area contributed by atoms with Gasteiger partial charge >= 0.3 is 0 Å². The maximum absolute atomic E-state index is 12.3. The average Bonchev–Trinajstić information content (AvgIpc) is 3.14. The van der Waals surface area contributed by atoms with Crippen molar-refractivity contribution < 1.29 is 9.59 Å². The van der Waals surface area contributed by atoms with Crippen LogP contribution in [0.2, 0.25) is 0 Å². The Morgan fingerprint density at radius 3 is 2.62 bits per heavy atom. The molecule has 2 aromatic carbocycles. The van der Waals surface area contributed by atoms with Crippen LogP contribution in [0.1, 0.15) is 21.1 Å². The van der Waals surface area contributed by atoms with Crippen molar-refractivity contribution in [3.05, 3.63) is 83.1 Å². The van der Waals surface area contributed by atoms with Crippen molar-refractivity contribution in [2.45, 2.75) is 13.0 Å². The lowest BCUT2D eigenvalue weighted by Crippen LogP contribution is -2.24. The van der Waals surface area contributed by atoms with Gasteiger partial charge in [-0.05, 0) is 41.0 Å². The number of nitrogens with two attached hydrogens (primary N) is 1. The van der Waals surface area contributed by atoms with Crippen LogP contribution in [0.4, 0.5) is 0 Å². The molecule has 0 unspecified atom stereocenters. The van der Waals surface area contributed by atoms with Gasteiger partial charge in [0.2, 0.25) is 5.91 Å². The highest BCUT2D eigenvalue weighted by atomic mass is 32.1. The first-order valence-electron chi connectivity index (χ1n) is 9.05. The Hall–Kier alpha value is -3.58. The zero-order valence-corrected chi connectivity index (χ0v) is 16.3. The van der Waals surface area contributed by atoms with Gasteiger partial charge in [-0.15, -0.1) is 11.3 Å². The van der Waals surface area contributed by atoms with Gasteiger partial charge in [0.15, 0.2) is 0 Å². The van der Waals surface area contributed by atoms with E-state index in [9.17, 15) is 9.59 Å². The van der Waals surface area contributed by atoms with Gasteiger partial charge in [-0.1, -0.05) is 36.4 Å². The Kier molecular flexibility index (Phi) is 5.31. The van der Waals surface area contributed by atoms with Crippen molar-refractivity contribution in [3.8, 4) is 11.1 Å². The fraction of sp³-hybridized carbons (Fsp3) is 0.0909. The molecule has 0 bridgehead atoms. The summed E-state index contributed by atoms with van der Waals surface area (Å²) in [5.41, 5.74) is 9.33. The van der Waals surface area contributed by atoms with Crippen LogP contribution in [0.3, 0.4) is 0 Å². The molecule has 2 aromatic heterocycles. The van der Waals surface area contributed by atoms with Crippen molar-refractivity contribution in [1.29, 1.82) is 0 Å². The van der Waals surface area contributed by atoms with Crippen LogP contribution < -0.4 is 11.1 Å². The fourth-order valence-corrected chi connectivity index (χ4v) is 3.98. The number of thiazole rings is 1. The Balaban J connectivity index is 1.43. The van der Waals surface area contributed by atoms with Crippen LogP contribution in [0.5, 0.6) is 0 Å². The second-order valence-electron chi connectivity index (χ2n) is 6.52. The second-order valence-corrected chi connectivity index (χ2v) is 7.64. The number of benzene rings is 2. The molecule has 29 heavy (non-hydrogen) atoms. The number of primary amides is 1. The summed E-state index contributed by atoms with van der Waals surface area (Å²) in [6, 6.07) is 19.6. The summed E-state index contributed by atoms with van der Waals surface area (Å²) in [7, 11) is 0. The third-order valence-corrected chi connectivity index (χ3v) is 5.44. The smallest absolute Gasteiger partial charge is 0.267 e. The summed E-state index contributed by atoms with van der Waals surface area (Å²) < 4.78 is 1.05. The monoisotopic (exact) mass is 402 g/mol. The molecule has 6 nitrogen and oxygen atoms in total. The van der Waals surface area contributed by atoms with Gasteiger partial charge in [0.1, 0.15) is 10.7 Å². The first-order chi connectivity index (χ1) is 14.1. The molecule has 0 aliphatic heterocycles. The van der Waals surface area contributed by atoms with E-state index >= 15 is 0 Å². The van der Waals surface area contributed by atoms with Crippen molar-refractivity contribution in [3.63, 3.8) is 0 Å². The molecule has 0 aliphatic carbocycles. The van der Waals surface area contributed by atoms with E-state index in [0.717, 1.165) is 31.9 Å². The molecule has 7 heteroatoms. The topological polar surface area (TPSA) is 98.0 Å². The lowest BCUT2D eigenvalue weighted by Gasteiger charge is -2.05. The number of fused-ring (bicyclic) bond motifs is 1. The molecular weight excluding hydrogens is 384 g/mol. The van der Waals surface area contributed by atoms with E-state index in [1.807, 2.05) is 30.3 Å². The first-order valence-corrected chi connectivity index (χ1v) is 9.86. The molecule has 144 valence electrons. The van der Waals surface area contributed by atoms with E-state index in [0.29, 0.717) is 6.54 Å². The summed E-state index contributed by atoms with van der Waals surface area (Å²) in [6.45, 7) is 0.296. The SMILES string of the molecule is NC(=O)c1cc(CNC(=O)Cc2nc3ccc(-c4ccccc4)cc3s2)ccn1.